The van der Waals surface area contributed by atoms with E-state index in [0.717, 1.165) is 11.1 Å². The van der Waals surface area contributed by atoms with Crippen molar-refractivity contribution in [3.8, 4) is 0 Å². The van der Waals surface area contributed by atoms with Crippen molar-refractivity contribution in [2.45, 2.75) is 31.7 Å². The molecule has 0 saturated carbocycles. The number of carbonyl (C=O) groups excluding carboxylic acids is 2. The number of carbonyl (C=O) groups is 2. The average molecular weight is 561 g/mol. The van der Waals surface area contributed by atoms with E-state index in [9.17, 15) is 35.9 Å². The van der Waals surface area contributed by atoms with Crippen LogP contribution in [-0.4, -0.2) is 47.3 Å². The second-order valence-electron chi connectivity index (χ2n) is 9.63. The lowest BCUT2D eigenvalue weighted by Crippen LogP contribution is -2.57. The van der Waals surface area contributed by atoms with Crippen LogP contribution in [0.4, 0.5) is 26.3 Å². The van der Waals surface area contributed by atoms with Gasteiger partial charge in [0.25, 0.3) is 5.91 Å². The number of halogens is 6. The molecule has 40 heavy (non-hydrogen) atoms. The maximum atomic E-state index is 13.5. The van der Waals surface area contributed by atoms with E-state index in [1.807, 2.05) is 30.3 Å². The first-order valence-electron chi connectivity index (χ1n) is 12.5. The summed E-state index contributed by atoms with van der Waals surface area (Å²) in [6.45, 7) is 1.74. The number of piperazine rings is 1. The molecule has 3 aromatic carbocycles. The minimum atomic E-state index is -5.08. The van der Waals surface area contributed by atoms with Crippen LogP contribution in [0.2, 0.25) is 0 Å². The fourth-order valence-electron chi connectivity index (χ4n) is 4.72. The monoisotopic (exact) mass is 560 g/mol. The molecule has 0 aromatic heterocycles. The Labute approximate surface area is 227 Å². The second-order valence-corrected chi connectivity index (χ2v) is 9.63. The summed E-state index contributed by atoms with van der Waals surface area (Å²) in [5, 5.41) is 0. The molecule has 210 valence electrons. The maximum Gasteiger partial charge on any atom is 0.416 e. The molecule has 1 aliphatic heterocycles. The Morgan fingerprint density at radius 2 is 1.38 bits per heavy atom. The summed E-state index contributed by atoms with van der Waals surface area (Å²) < 4.78 is 80.6. The first kappa shape index (κ1) is 28.9. The van der Waals surface area contributed by atoms with Crippen LogP contribution >= 0.6 is 0 Å². The molecule has 10 heteroatoms. The third kappa shape index (κ3) is 6.91. The van der Waals surface area contributed by atoms with Gasteiger partial charge >= 0.3 is 12.4 Å². The number of benzene rings is 3. The maximum absolute atomic E-state index is 13.5. The van der Waals surface area contributed by atoms with E-state index in [1.165, 1.54) is 4.90 Å². The Morgan fingerprint density at radius 3 is 1.93 bits per heavy atom. The van der Waals surface area contributed by atoms with Crippen molar-refractivity contribution in [1.82, 2.24) is 9.80 Å². The zero-order valence-electron chi connectivity index (χ0n) is 21.5. The lowest BCUT2D eigenvalue weighted by Gasteiger charge is -2.42. The summed E-state index contributed by atoms with van der Waals surface area (Å²) >= 11 is 0. The molecule has 2 amide bonds. The van der Waals surface area contributed by atoms with Crippen LogP contribution in [0.15, 0.2) is 84.4 Å². The van der Waals surface area contributed by atoms with Crippen LogP contribution in [0.5, 0.6) is 0 Å². The van der Waals surface area contributed by atoms with Gasteiger partial charge in [0.1, 0.15) is 0 Å². The van der Waals surface area contributed by atoms with E-state index >= 15 is 0 Å². The molecule has 4 nitrogen and oxygen atoms in total. The molecule has 1 heterocycles. The quantitative estimate of drug-likeness (QED) is 0.257. The molecular formula is C30H26F6N2O2. The molecule has 1 aliphatic rings. The van der Waals surface area contributed by atoms with Crippen LogP contribution in [0.3, 0.4) is 0 Å². The Kier molecular flexibility index (Phi) is 8.37. The molecular weight excluding hydrogens is 534 g/mol. The molecule has 0 N–H and O–H groups in total. The molecule has 0 bridgehead atoms. The number of rotatable bonds is 5. The summed E-state index contributed by atoms with van der Waals surface area (Å²) in [7, 11) is 0. The zero-order chi connectivity index (χ0) is 29.1. The fourth-order valence-corrected chi connectivity index (χ4v) is 4.72. The van der Waals surface area contributed by atoms with Gasteiger partial charge in [0.05, 0.1) is 17.2 Å². The van der Waals surface area contributed by atoms with Gasteiger partial charge in [0.2, 0.25) is 5.91 Å². The molecule has 0 aliphatic carbocycles. The average Bonchev–Trinajstić information content (AvgIpc) is 2.92. The second kappa shape index (κ2) is 11.6. The lowest BCUT2D eigenvalue weighted by atomic mass is 9.98. The largest absolute Gasteiger partial charge is 0.416 e. The van der Waals surface area contributed by atoms with Crippen LogP contribution in [0, 0.1) is 0 Å². The Bertz CT molecular complexity index is 1350. The number of hydrogen-bond donors (Lipinski definition) is 0. The minimum absolute atomic E-state index is 0.00329. The third-order valence-corrected chi connectivity index (χ3v) is 6.70. The van der Waals surface area contributed by atoms with Crippen molar-refractivity contribution in [2.24, 2.45) is 0 Å². The minimum Gasteiger partial charge on any atom is -0.335 e. The normalized spacial score (nSPS) is 16.7. The van der Waals surface area contributed by atoms with Gasteiger partial charge in [-0.3, -0.25) is 9.59 Å². The topological polar surface area (TPSA) is 40.6 Å². The highest BCUT2D eigenvalue weighted by Gasteiger charge is 2.39. The number of alkyl halides is 6. The van der Waals surface area contributed by atoms with E-state index in [-0.39, 0.29) is 38.0 Å². The molecule has 0 radical (unpaired) electrons. The summed E-state index contributed by atoms with van der Waals surface area (Å²) in [6, 6.07) is 18.4. The van der Waals surface area contributed by atoms with Gasteiger partial charge in [0.15, 0.2) is 0 Å². The van der Waals surface area contributed by atoms with Gasteiger partial charge in [-0.15, -0.1) is 0 Å². The number of amides is 2. The summed E-state index contributed by atoms with van der Waals surface area (Å²) in [6.07, 6.45) is -8.17. The van der Waals surface area contributed by atoms with Crippen molar-refractivity contribution in [3.63, 3.8) is 0 Å². The first-order valence-corrected chi connectivity index (χ1v) is 12.5. The standard InChI is InChI=1S/C30H26F6N2O2/c1-20(14-21-8-4-2-5-9-21)27(39)37-12-13-38(26(19-37)15-22-10-6-3-7-11-22)28(40)23-16-24(29(31,32)33)18-25(17-23)30(34,35)36/h2-11,14,16-18,26H,12-13,15,19H2,1H3/b20-14+/t26-/m1/s1. The van der Waals surface area contributed by atoms with E-state index in [4.69, 9.17) is 0 Å². The summed E-state index contributed by atoms with van der Waals surface area (Å²) in [4.78, 5) is 29.6. The Morgan fingerprint density at radius 1 is 0.825 bits per heavy atom. The van der Waals surface area contributed by atoms with Crippen molar-refractivity contribution in [3.05, 3.63) is 112 Å². The third-order valence-electron chi connectivity index (χ3n) is 6.70. The summed E-state index contributed by atoms with van der Waals surface area (Å²) in [5.74, 6) is -1.23. The molecule has 0 spiro atoms. The fraction of sp³-hybridized carbons (Fsp3) is 0.267. The van der Waals surface area contributed by atoms with Gasteiger partial charge in [0, 0.05) is 30.8 Å². The van der Waals surface area contributed by atoms with Gasteiger partial charge in [-0.25, -0.2) is 0 Å². The van der Waals surface area contributed by atoms with Crippen LogP contribution in [0.1, 0.15) is 39.5 Å². The molecule has 0 unspecified atom stereocenters. The highest BCUT2D eigenvalue weighted by molar-refractivity contribution is 5.98. The Hall–Kier alpha value is -4.08. The predicted octanol–water partition coefficient (Wildman–Crippen LogP) is 6.72. The highest BCUT2D eigenvalue weighted by Crippen LogP contribution is 2.37. The smallest absolute Gasteiger partial charge is 0.335 e. The molecule has 1 saturated heterocycles. The van der Waals surface area contributed by atoms with Crippen LogP contribution < -0.4 is 0 Å². The molecule has 4 rings (SSSR count). The van der Waals surface area contributed by atoms with Gasteiger partial charge in [-0.05, 0) is 48.7 Å². The highest BCUT2D eigenvalue weighted by atomic mass is 19.4. The van der Waals surface area contributed by atoms with Crippen LogP contribution in [-0.2, 0) is 23.6 Å². The molecule has 1 atom stereocenters. The van der Waals surface area contributed by atoms with E-state index in [0.29, 0.717) is 17.7 Å². The number of nitrogens with zero attached hydrogens (tertiary/aromatic N) is 2. The van der Waals surface area contributed by atoms with Crippen molar-refractivity contribution in [2.75, 3.05) is 19.6 Å². The van der Waals surface area contributed by atoms with E-state index in [2.05, 4.69) is 0 Å². The van der Waals surface area contributed by atoms with Gasteiger partial charge in [-0.2, -0.15) is 26.3 Å². The van der Waals surface area contributed by atoms with Crippen molar-refractivity contribution >= 4 is 17.9 Å². The predicted molar refractivity (Wildman–Crippen MR) is 138 cm³/mol. The first-order chi connectivity index (χ1) is 18.8. The van der Waals surface area contributed by atoms with E-state index in [1.54, 1.807) is 48.2 Å². The van der Waals surface area contributed by atoms with Crippen LogP contribution in [0.25, 0.3) is 6.08 Å². The molecule has 3 aromatic rings. The van der Waals surface area contributed by atoms with Crippen molar-refractivity contribution < 1.29 is 35.9 Å². The number of hydrogen-bond acceptors (Lipinski definition) is 2. The van der Waals surface area contributed by atoms with Gasteiger partial charge < -0.3 is 9.80 Å². The summed E-state index contributed by atoms with van der Waals surface area (Å²) in [5.41, 5.74) is -1.73. The SMILES string of the molecule is C/C(=C\c1ccccc1)C(=O)N1CCN(C(=O)c2cc(C(F)(F)F)cc(C(F)(F)F)c2)[C@H](Cc2ccccc2)C1. The lowest BCUT2D eigenvalue weighted by molar-refractivity contribution is -0.143. The molecule has 1 fully saturated rings. The van der Waals surface area contributed by atoms with Gasteiger partial charge in [-0.1, -0.05) is 60.7 Å². The van der Waals surface area contributed by atoms with E-state index < -0.39 is 41.0 Å². The Balaban J connectivity index is 1.65. The van der Waals surface area contributed by atoms with Crippen molar-refractivity contribution in [1.29, 1.82) is 0 Å². The zero-order valence-corrected chi connectivity index (χ0v) is 21.5.